The Bertz CT molecular complexity index is 439. The predicted molar refractivity (Wildman–Crippen MR) is 86.8 cm³/mol. The second-order valence-electron chi connectivity index (χ2n) is 4.85. The molecule has 0 aliphatic heterocycles. The van der Waals surface area contributed by atoms with Gasteiger partial charge in [0.25, 0.3) is 0 Å². The standard InChI is InChI=1S/C14H26N4OS/c1-5-7-12-13(15-6-2)17-10-18-14(12)16-9-8-11(3)20(4)19/h10-11H,5-9H2,1-4H3,(H2,15,16,17,18). The number of nitrogens with one attached hydrogen (secondary N) is 2. The molecule has 2 N–H and O–H groups in total. The summed E-state index contributed by atoms with van der Waals surface area (Å²) in [4.78, 5) is 8.65. The molecule has 0 amide bonds. The van der Waals surface area contributed by atoms with Gasteiger partial charge in [-0.25, -0.2) is 9.97 Å². The molecule has 1 aromatic rings. The molecule has 0 radical (unpaired) electrons. The zero-order chi connectivity index (χ0) is 15.0. The van der Waals surface area contributed by atoms with Crippen molar-refractivity contribution in [2.24, 2.45) is 0 Å². The van der Waals surface area contributed by atoms with E-state index in [0.29, 0.717) is 0 Å². The highest BCUT2D eigenvalue weighted by atomic mass is 32.2. The van der Waals surface area contributed by atoms with Crippen molar-refractivity contribution >= 4 is 22.4 Å². The summed E-state index contributed by atoms with van der Waals surface area (Å²) in [7, 11) is -0.769. The van der Waals surface area contributed by atoms with Gasteiger partial charge in [-0.2, -0.15) is 0 Å². The lowest BCUT2D eigenvalue weighted by molar-refractivity contribution is 0.672. The quantitative estimate of drug-likeness (QED) is 0.733. The van der Waals surface area contributed by atoms with Gasteiger partial charge in [0.1, 0.15) is 18.0 Å². The average Bonchev–Trinajstić information content (AvgIpc) is 2.42. The monoisotopic (exact) mass is 298 g/mol. The highest BCUT2D eigenvalue weighted by Gasteiger charge is 2.11. The summed E-state index contributed by atoms with van der Waals surface area (Å²) in [6, 6.07) is 0. The Labute approximate surface area is 124 Å². The van der Waals surface area contributed by atoms with Crippen LogP contribution in [0.1, 0.15) is 39.2 Å². The minimum absolute atomic E-state index is 0.201. The molecule has 5 nitrogen and oxygen atoms in total. The highest BCUT2D eigenvalue weighted by Crippen LogP contribution is 2.21. The summed E-state index contributed by atoms with van der Waals surface area (Å²) < 4.78 is 11.3. The second-order valence-corrected chi connectivity index (χ2v) is 6.66. The maximum absolute atomic E-state index is 11.3. The van der Waals surface area contributed by atoms with Crippen LogP contribution in [0.25, 0.3) is 0 Å². The van der Waals surface area contributed by atoms with Gasteiger partial charge in [0.15, 0.2) is 0 Å². The first kappa shape index (κ1) is 16.9. The van der Waals surface area contributed by atoms with Gasteiger partial charge >= 0.3 is 0 Å². The van der Waals surface area contributed by atoms with Crippen LogP contribution in [-0.2, 0) is 17.2 Å². The van der Waals surface area contributed by atoms with E-state index in [2.05, 4.69) is 34.4 Å². The lowest BCUT2D eigenvalue weighted by Gasteiger charge is -2.15. The van der Waals surface area contributed by atoms with Crippen molar-refractivity contribution in [3.05, 3.63) is 11.9 Å². The molecule has 2 atom stereocenters. The number of hydrogen-bond acceptors (Lipinski definition) is 5. The van der Waals surface area contributed by atoms with Gasteiger partial charge in [-0.05, 0) is 19.8 Å². The summed E-state index contributed by atoms with van der Waals surface area (Å²) in [6.07, 6.45) is 6.20. The Morgan fingerprint density at radius 3 is 2.45 bits per heavy atom. The SMILES string of the molecule is CCCc1c(NCC)ncnc1NCCC(C)S(C)=O. The number of anilines is 2. The molecule has 1 heterocycles. The van der Waals surface area contributed by atoms with Gasteiger partial charge in [0.2, 0.25) is 0 Å². The first-order chi connectivity index (χ1) is 9.60. The van der Waals surface area contributed by atoms with Crippen molar-refractivity contribution in [1.29, 1.82) is 0 Å². The Morgan fingerprint density at radius 1 is 1.25 bits per heavy atom. The average molecular weight is 298 g/mol. The molecule has 0 fully saturated rings. The van der Waals surface area contributed by atoms with Crippen LogP contribution >= 0.6 is 0 Å². The third-order valence-corrected chi connectivity index (χ3v) is 4.57. The molecule has 0 aliphatic rings. The molecule has 20 heavy (non-hydrogen) atoms. The van der Waals surface area contributed by atoms with Gasteiger partial charge in [0, 0.05) is 41.0 Å². The minimum atomic E-state index is -0.769. The highest BCUT2D eigenvalue weighted by molar-refractivity contribution is 7.84. The molecular formula is C14H26N4OS. The van der Waals surface area contributed by atoms with Gasteiger partial charge in [-0.15, -0.1) is 0 Å². The van der Waals surface area contributed by atoms with Crippen LogP contribution in [0.3, 0.4) is 0 Å². The smallest absolute Gasteiger partial charge is 0.134 e. The molecule has 0 spiro atoms. The van der Waals surface area contributed by atoms with Crippen LogP contribution in [-0.4, -0.2) is 38.8 Å². The van der Waals surface area contributed by atoms with Gasteiger partial charge in [0.05, 0.1) is 0 Å². The molecule has 0 aromatic carbocycles. The van der Waals surface area contributed by atoms with Gasteiger partial charge in [-0.3, -0.25) is 4.21 Å². The molecule has 1 aromatic heterocycles. The van der Waals surface area contributed by atoms with E-state index >= 15 is 0 Å². The zero-order valence-electron chi connectivity index (χ0n) is 12.9. The van der Waals surface area contributed by atoms with Crippen molar-refractivity contribution in [2.45, 2.75) is 45.3 Å². The second kappa shape index (κ2) is 8.89. The zero-order valence-corrected chi connectivity index (χ0v) is 13.7. The fourth-order valence-corrected chi connectivity index (χ4v) is 2.38. The minimum Gasteiger partial charge on any atom is -0.370 e. The van der Waals surface area contributed by atoms with E-state index in [9.17, 15) is 4.21 Å². The molecule has 6 heteroatoms. The van der Waals surface area contributed by atoms with Crippen molar-refractivity contribution < 1.29 is 4.21 Å². The lowest BCUT2D eigenvalue weighted by atomic mass is 10.1. The molecule has 0 aliphatic carbocycles. The molecule has 1 rings (SSSR count). The van der Waals surface area contributed by atoms with Crippen LogP contribution in [0.2, 0.25) is 0 Å². The normalized spacial score (nSPS) is 13.8. The molecule has 2 unspecified atom stereocenters. The van der Waals surface area contributed by atoms with Crippen molar-refractivity contribution in [2.75, 3.05) is 30.0 Å². The van der Waals surface area contributed by atoms with Crippen molar-refractivity contribution in [1.82, 2.24) is 9.97 Å². The number of aromatic nitrogens is 2. The van der Waals surface area contributed by atoms with E-state index < -0.39 is 10.8 Å². The van der Waals surface area contributed by atoms with E-state index in [4.69, 9.17) is 0 Å². The van der Waals surface area contributed by atoms with Crippen molar-refractivity contribution in [3.8, 4) is 0 Å². The number of nitrogens with zero attached hydrogens (tertiary/aromatic N) is 2. The maximum atomic E-state index is 11.3. The largest absolute Gasteiger partial charge is 0.370 e. The first-order valence-corrected chi connectivity index (χ1v) is 8.86. The van der Waals surface area contributed by atoms with Crippen LogP contribution < -0.4 is 10.6 Å². The molecule has 0 saturated heterocycles. The summed E-state index contributed by atoms with van der Waals surface area (Å²) in [5.74, 6) is 1.81. The van der Waals surface area contributed by atoms with E-state index in [1.165, 1.54) is 0 Å². The van der Waals surface area contributed by atoms with Crippen LogP contribution in [0.4, 0.5) is 11.6 Å². The maximum Gasteiger partial charge on any atom is 0.134 e. The van der Waals surface area contributed by atoms with E-state index in [1.807, 2.05) is 6.92 Å². The summed E-state index contributed by atoms with van der Waals surface area (Å²) in [6.45, 7) is 7.84. The van der Waals surface area contributed by atoms with E-state index in [0.717, 1.165) is 49.6 Å². The topological polar surface area (TPSA) is 66.9 Å². The summed E-state index contributed by atoms with van der Waals surface area (Å²) in [5.41, 5.74) is 1.14. The number of rotatable bonds is 9. The fourth-order valence-electron chi connectivity index (χ4n) is 1.93. The summed E-state index contributed by atoms with van der Waals surface area (Å²) >= 11 is 0. The Morgan fingerprint density at radius 2 is 1.90 bits per heavy atom. The van der Waals surface area contributed by atoms with Gasteiger partial charge in [-0.1, -0.05) is 20.3 Å². The Kier molecular flexibility index (Phi) is 7.51. The number of hydrogen-bond donors (Lipinski definition) is 2. The Balaban J connectivity index is 2.72. The van der Waals surface area contributed by atoms with E-state index in [-0.39, 0.29) is 5.25 Å². The first-order valence-electron chi connectivity index (χ1n) is 7.23. The molecule has 0 bridgehead atoms. The lowest BCUT2D eigenvalue weighted by Crippen LogP contribution is -2.16. The Hall–Kier alpha value is -1.17. The predicted octanol–water partition coefficient (Wildman–Crippen LogP) is 2.43. The van der Waals surface area contributed by atoms with Gasteiger partial charge < -0.3 is 10.6 Å². The van der Waals surface area contributed by atoms with Crippen LogP contribution in [0, 0.1) is 0 Å². The molecular weight excluding hydrogens is 272 g/mol. The fraction of sp³-hybridized carbons (Fsp3) is 0.714. The van der Waals surface area contributed by atoms with E-state index in [1.54, 1.807) is 12.6 Å². The third kappa shape index (κ3) is 5.07. The van der Waals surface area contributed by atoms with Crippen LogP contribution in [0.5, 0.6) is 0 Å². The molecule has 0 saturated carbocycles. The van der Waals surface area contributed by atoms with Crippen molar-refractivity contribution in [3.63, 3.8) is 0 Å². The summed E-state index contributed by atoms with van der Waals surface area (Å²) in [5, 5.41) is 6.84. The van der Waals surface area contributed by atoms with Crippen LogP contribution in [0.15, 0.2) is 6.33 Å². The molecule has 114 valence electrons. The third-order valence-electron chi connectivity index (χ3n) is 3.20.